The van der Waals surface area contributed by atoms with Crippen molar-refractivity contribution in [2.24, 2.45) is 0 Å². The second-order valence-electron chi connectivity index (χ2n) is 10.2. The standard InChI is InChI=1S/C31H36ClF2N3O2/c1-3-9-25-28(18-31(20-33,21-34)39-29(25)15-16-32)36-30(38)35-27-14-7-13-24(23-11-5-4-6-12-23)26(27)19-37-17-8-10-22(37)2/h3-7,9,11-16,22,28H,8,10,17-21H2,1-2H3,(H2,35,36,38)/b9-3-,16-15+. The predicted molar refractivity (Wildman–Crippen MR) is 154 cm³/mol. The van der Waals surface area contributed by atoms with Crippen molar-refractivity contribution in [1.82, 2.24) is 10.2 Å². The fourth-order valence-corrected chi connectivity index (χ4v) is 5.51. The van der Waals surface area contributed by atoms with Gasteiger partial charge in [0.1, 0.15) is 19.1 Å². The zero-order valence-electron chi connectivity index (χ0n) is 22.4. The Hall–Kier alpha value is -3.16. The van der Waals surface area contributed by atoms with Crippen molar-refractivity contribution in [3.63, 3.8) is 0 Å². The Kier molecular flexibility index (Phi) is 9.81. The number of amides is 2. The maximum absolute atomic E-state index is 14.0. The first-order valence-electron chi connectivity index (χ1n) is 13.4. The van der Waals surface area contributed by atoms with E-state index < -0.39 is 31.0 Å². The van der Waals surface area contributed by atoms with E-state index in [0.29, 0.717) is 23.8 Å². The summed E-state index contributed by atoms with van der Waals surface area (Å²) in [7, 11) is 0. The average Bonchev–Trinajstić information content (AvgIpc) is 3.35. The van der Waals surface area contributed by atoms with Crippen molar-refractivity contribution in [3.8, 4) is 11.1 Å². The highest BCUT2D eigenvalue weighted by atomic mass is 35.5. The van der Waals surface area contributed by atoms with Crippen LogP contribution in [0, 0.1) is 0 Å². The molecule has 0 bridgehead atoms. The molecule has 5 nitrogen and oxygen atoms in total. The van der Waals surface area contributed by atoms with E-state index in [4.69, 9.17) is 16.3 Å². The topological polar surface area (TPSA) is 53.6 Å². The van der Waals surface area contributed by atoms with Crippen LogP contribution in [-0.4, -0.2) is 48.5 Å². The molecule has 1 saturated heterocycles. The van der Waals surface area contributed by atoms with Crippen LogP contribution < -0.4 is 10.6 Å². The lowest BCUT2D eigenvalue weighted by molar-refractivity contribution is -0.0530. The van der Waals surface area contributed by atoms with Crippen molar-refractivity contribution in [3.05, 3.63) is 89.2 Å². The van der Waals surface area contributed by atoms with Gasteiger partial charge in [-0.25, -0.2) is 13.6 Å². The fraction of sp³-hybridized carbons (Fsp3) is 0.387. The second kappa shape index (κ2) is 13.3. The number of nitrogens with zero attached hydrogens (tertiary/aromatic N) is 1. The molecule has 2 heterocycles. The first kappa shape index (κ1) is 28.8. The number of alkyl halides is 2. The first-order valence-corrected chi connectivity index (χ1v) is 13.8. The predicted octanol–water partition coefficient (Wildman–Crippen LogP) is 7.51. The molecule has 2 aromatic rings. The lowest BCUT2D eigenvalue weighted by Crippen LogP contribution is -2.51. The number of anilines is 1. The zero-order valence-corrected chi connectivity index (χ0v) is 23.2. The van der Waals surface area contributed by atoms with Gasteiger partial charge in [0.05, 0.1) is 6.04 Å². The molecule has 2 amide bonds. The molecule has 0 saturated carbocycles. The number of rotatable bonds is 9. The van der Waals surface area contributed by atoms with Gasteiger partial charge in [-0.1, -0.05) is 66.2 Å². The molecule has 2 unspecified atom stereocenters. The number of urea groups is 1. The third-order valence-corrected chi connectivity index (χ3v) is 7.60. The quantitative estimate of drug-likeness (QED) is 0.337. The number of ether oxygens (including phenoxy) is 1. The van der Waals surface area contributed by atoms with Gasteiger partial charge in [0, 0.05) is 35.8 Å². The molecule has 0 aromatic heterocycles. The molecular formula is C31H36ClF2N3O2. The summed E-state index contributed by atoms with van der Waals surface area (Å²) >= 11 is 5.79. The van der Waals surface area contributed by atoms with Crippen LogP contribution in [0.1, 0.15) is 38.7 Å². The summed E-state index contributed by atoms with van der Waals surface area (Å²) in [5.74, 6) is 0.227. The number of hydrogen-bond acceptors (Lipinski definition) is 3. The number of likely N-dealkylation sites (tertiary alicyclic amines) is 1. The molecule has 0 aliphatic carbocycles. The molecule has 2 aliphatic rings. The molecule has 2 aliphatic heterocycles. The van der Waals surface area contributed by atoms with Crippen molar-refractivity contribution < 1.29 is 18.3 Å². The Morgan fingerprint density at radius 1 is 1.15 bits per heavy atom. The molecule has 1 fully saturated rings. The van der Waals surface area contributed by atoms with Crippen molar-refractivity contribution in [1.29, 1.82) is 0 Å². The van der Waals surface area contributed by atoms with Crippen LogP contribution in [0.2, 0.25) is 0 Å². The normalized spacial score (nSPS) is 21.5. The maximum Gasteiger partial charge on any atom is 0.319 e. The van der Waals surface area contributed by atoms with E-state index >= 15 is 0 Å². The van der Waals surface area contributed by atoms with E-state index in [0.717, 1.165) is 36.1 Å². The van der Waals surface area contributed by atoms with Crippen LogP contribution in [0.5, 0.6) is 0 Å². The Bertz CT molecular complexity index is 1230. The lowest BCUT2D eigenvalue weighted by atomic mass is 9.88. The van der Waals surface area contributed by atoms with Gasteiger partial charge in [0.15, 0.2) is 5.60 Å². The molecule has 2 N–H and O–H groups in total. The first-order chi connectivity index (χ1) is 18.9. The zero-order chi connectivity index (χ0) is 27.8. The van der Waals surface area contributed by atoms with Gasteiger partial charge < -0.3 is 15.4 Å². The van der Waals surface area contributed by atoms with Crippen LogP contribution in [-0.2, 0) is 11.3 Å². The Balaban J connectivity index is 1.65. The lowest BCUT2D eigenvalue weighted by Gasteiger charge is -2.39. The molecular weight excluding hydrogens is 520 g/mol. The third-order valence-electron chi connectivity index (χ3n) is 7.48. The average molecular weight is 556 g/mol. The Morgan fingerprint density at radius 2 is 1.92 bits per heavy atom. The fourth-order valence-electron chi connectivity index (χ4n) is 5.39. The smallest absolute Gasteiger partial charge is 0.319 e. The van der Waals surface area contributed by atoms with Gasteiger partial charge in [0.25, 0.3) is 0 Å². The summed E-state index contributed by atoms with van der Waals surface area (Å²) in [6.07, 6.45) is 7.21. The van der Waals surface area contributed by atoms with Gasteiger partial charge in [-0.2, -0.15) is 0 Å². The molecule has 8 heteroatoms. The minimum Gasteiger partial charge on any atom is -0.481 e. The number of benzene rings is 2. The van der Waals surface area contributed by atoms with Gasteiger partial charge in [-0.3, -0.25) is 4.90 Å². The van der Waals surface area contributed by atoms with Crippen LogP contribution >= 0.6 is 11.6 Å². The summed E-state index contributed by atoms with van der Waals surface area (Å²) in [6, 6.07) is 15.3. The number of hydrogen-bond donors (Lipinski definition) is 2. The van der Waals surface area contributed by atoms with Crippen LogP contribution in [0.4, 0.5) is 19.3 Å². The molecule has 39 heavy (non-hydrogen) atoms. The van der Waals surface area contributed by atoms with E-state index in [1.807, 2.05) is 37.3 Å². The highest BCUT2D eigenvalue weighted by molar-refractivity contribution is 6.25. The van der Waals surface area contributed by atoms with E-state index in [9.17, 15) is 13.6 Å². The highest BCUT2D eigenvalue weighted by Gasteiger charge is 2.42. The SMILES string of the molecule is C/C=C\C1=C(/C=C/Cl)OC(CF)(CF)CC1NC(=O)Nc1cccc(-c2ccccc2)c1CN1CCCC1C. The van der Waals surface area contributed by atoms with Crippen LogP contribution in [0.3, 0.4) is 0 Å². The molecule has 2 atom stereocenters. The largest absolute Gasteiger partial charge is 0.481 e. The molecule has 0 radical (unpaired) electrons. The summed E-state index contributed by atoms with van der Waals surface area (Å²) in [4.78, 5) is 15.9. The molecule has 2 aromatic carbocycles. The number of carbonyl (C=O) groups is 1. The van der Waals surface area contributed by atoms with Crippen LogP contribution in [0.25, 0.3) is 11.1 Å². The van der Waals surface area contributed by atoms with Gasteiger partial charge in [-0.15, -0.1) is 0 Å². The van der Waals surface area contributed by atoms with E-state index in [1.165, 1.54) is 11.6 Å². The minimum absolute atomic E-state index is 0.0606. The summed E-state index contributed by atoms with van der Waals surface area (Å²) in [6.45, 7) is 3.67. The van der Waals surface area contributed by atoms with Gasteiger partial charge in [0.2, 0.25) is 0 Å². The summed E-state index contributed by atoms with van der Waals surface area (Å²) < 4.78 is 33.7. The summed E-state index contributed by atoms with van der Waals surface area (Å²) in [5.41, 5.74) is 3.96. The number of halogens is 3. The second-order valence-corrected chi connectivity index (χ2v) is 10.4. The minimum atomic E-state index is -1.70. The Morgan fingerprint density at radius 3 is 2.56 bits per heavy atom. The van der Waals surface area contributed by atoms with Crippen molar-refractivity contribution in [2.45, 2.75) is 57.3 Å². The third kappa shape index (κ3) is 6.71. The van der Waals surface area contributed by atoms with Crippen LogP contribution in [0.15, 0.2) is 83.6 Å². The van der Waals surface area contributed by atoms with Gasteiger partial charge >= 0.3 is 6.03 Å². The van der Waals surface area contributed by atoms with Crippen molar-refractivity contribution in [2.75, 3.05) is 25.2 Å². The van der Waals surface area contributed by atoms with E-state index in [2.05, 4.69) is 40.7 Å². The monoisotopic (exact) mass is 555 g/mol. The molecule has 0 spiro atoms. The van der Waals surface area contributed by atoms with Crippen molar-refractivity contribution >= 4 is 23.3 Å². The number of carbonyl (C=O) groups excluding carboxylic acids is 1. The van der Waals surface area contributed by atoms with E-state index in [1.54, 1.807) is 12.2 Å². The van der Waals surface area contributed by atoms with Gasteiger partial charge in [-0.05, 0) is 62.1 Å². The number of allylic oxidation sites excluding steroid dienone is 2. The Labute approximate surface area is 234 Å². The number of nitrogens with one attached hydrogen (secondary N) is 2. The molecule has 208 valence electrons. The summed E-state index contributed by atoms with van der Waals surface area (Å²) in [5, 5.41) is 5.97. The van der Waals surface area contributed by atoms with E-state index in [-0.39, 0.29) is 12.2 Å². The maximum atomic E-state index is 14.0. The molecule has 4 rings (SSSR count). The highest BCUT2D eigenvalue weighted by Crippen LogP contribution is 2.36.